The summed E-state index contributed by atoms with van der Waals surface area (Å²) in [5, 5.41) is 3.93. The zero-order valence-electron chi connectivity index (χ0n) is 11.6. The molecule has 1 fully saturated rings. The normalized spacial score (nSPS) is 20.5. The van der Waals surface area contributed by atoms with Crippen molar-refractivity contribution in [3.8, 4) is 11.5 Å². The molecule has 3 heterocycles. The van der Waals surface area contributed by atoms with Crippen LogP contribution >= 0.6 is 0 Å². The summed E-state index contributed by atoms with van der Waals surface area (Å²) in [4.78, 5) is 8.53. The molecule has 21 heavy (non-hydrogen) atoms. The van der Waals surface area contributed by atoms with Crippen LogP contribution in [0.15, 0.2) is 28.9 Å². The van der Waals surface area contributed by atoms with E-state index < -0.39 is 10.0 Å². The van der Waals surface area contributed by atoms with Gasteiger partial charge < -0.3 is 4.52 Å². The summed E-state index contributed by atoms with van der Waals surface area (Å²) < 4.78 is 30.0. The van der Waals surface area contributed by atoms with Gasteiger partial charge >= 0.3 is 0 Å². The molecule has 0 saturated carbocycles. The molecule has 0 bridgehead atoms. The van der Waals surface area contributed by atoms with Gasteiger partial charge in [-0.15, -0.1) is 0 Å². The summed E-state index contributed by atoms with van der Waals surface area (Å²) in [5.74, 6) is 0.851. The van der Waals surface area contributed by atoms with E-state index >= 15 is 0 Å². The van der Waals surface area contributed by atoms with Crippen molar-refractivity contribution < 1.29 is 12.9 Å². The maximum atomic E-state index is 11.6. The van der Waals surface area contributed by atoms with Crippen LogP contribution in [-0.2, 0) is 10.0 Å². The van der Waals surface area contributed by atoms with E-state index in [2.05, 4.69) is 15.1 Å². The second-order valence-corrected chi connectivity index (χ2v) is 7.11. The zero-order chi connectivity index (χ0) is 14.9. The van der Waals surface area contributed by atoms with Crippen molar-refractivity contribution in [3.63, 3.8) is 0 Å². The van der Waals surface area contributed by atoms with Crippen molar-refractivity contribution in [2.45, 2.75) is 18.8 Å². The first-order valence-corrected chi connectivity index (χ1v) is 8.59. The van der Waals surface area contributed by atoms with Crippen LogP contribution in [0.5, 0.6) is 0 Å². The molecule has 3 rings (SSSR count). The zero-order valence-corrected chi connectivity index (χ0v) is 12.5. The second-order valence-electron chi connectivity index (χ2n) is 5.13. The topological polar surface area (TPSA) is 89.2 Å². The maximum Gasteiger partial charge on any atom is 0.231 e. The summed E-state index contributed by atoms with van der Waals surface area (Å²) in [6.45, 7) is 0.944. The predicted octanol–water partition coefficient (Wildman–Crippen LogP) is 1.27. The number of rotatable bonds is 3. The molecule has 0 spiro atoms. The molecular formula is C13H16N4O3S. The lowest BCUT2D eigenvalue weighted by Crippen LogP contribution is -2.38. The van der Waals surface area contributed by atoms with Crippen LogP contribution in [0, 0.1) is 0 Å². The summed E-state index contributed by atoms with van der Waals surface area (Å²) >= 11 is 0. The minimum Gasteiger partial charge on any atom is -0.339 e. The molecule has 1 unspecified atom stereocenters. The van der Waals surface area contributed by atoms with E-state index in [1.54, 1.807) is 12.3 Å². The van der Waals surface area contributed by atoms with E-state index in [9.17, 15) is 8.42 Å². The average molecular weight is 308 g/mol. The summed E-state index contributed by atoms with van der Waals surface area (Å²) in [6, 6.07) is 5.47. The van der Waals surface area contributed by atoms with Gasteiger partial charge in [-0.2, -0.15) is 4.98 Å². The lowest BCUT2D eigenvalue weighted by atomic mass is 10.00. The molecule has 0 N–H and O–H groups in total. The van der Waals surface area contributed by atoms with E-state index in [1.165, 1.54) is 10.6 Å². The molecule has 1 aliphatic heterocycles. The molecule has 0 radical (unpaired) electrons. The van der Waals surface area contributed by atoms with Gasteiger partial charge in [0.15, 0.2) is 0 Å². The van der Waals surface area contributed by atoms with Crippen molar-refractivity contribution in [2.75, 3.05) is 19.3 Å². The molecule has 1 aliphatic rings. The lowest BCUT2D eigenvalue weighted by Gasteiger charge is -2.28. The fraction of sp³-hybridized carbons (Fsp3) is 0.462. The average Bonchev–Trinajstić information content (AvgIpc) is 2.97. The highest BCUT2D eigenvalue weighted by Crippen LogP contribution is 2.28. The van der Waals surface area contributed by atoms with E-state index in [-0.39, 0.29) is 5.92 Å². The van der Waals surface area contributed by atoms with Gasteiger partial charge in [0, 0.05) is 19.3 Å². The van der Waals surface area contributed by atoms with Crippen molar-refractivity contribution >= 4 is 10.0 Å². The Morgan fingerprint density at radius 2 is 2.24 bits per heavy atom. The van der Waals surface area contributed by atoms with E-state index in [1.807, 2.05) is 12.1 Å². The quantitative estimate of drug-likeness (QED) is 0.848. The first kappa shape index (κ1) is 14.2. The van der Waals surface area contributed by atoms with Gasteiger partial charge in [0.25, 0.3) is 0 Å². The van der Waals surface area contributed by atoms with Gasteiger partial charge in [0.05, 0.1) is 12.2 Å². The van der Waals surface area contributed by atoms with Gasteiger partial charge in [0.2, 0.25) is 21.7 Å². The maximum absolute atomic E-state index is 11.6. The Labute approximate surface area is 123 Å². The van der Waals surface area contributed by atoms with E-state index in [0.29, 0.717) is 30.5 Å². The largest absolute Gasteiger partial charge is 0.339 e. The summed E-state index contributed by atoms with van der Waals surface area (Å²) in [5.41, 5.74) is 0.642. The third-order valence-corrected chi connectivity index (χ3v) is 4.81. The standard InChI is InChI=1S/C13H16N4O3S/c1-21(18,19)17-8-4-5-10(9-17)13-15-12(16-20-13)11-6-2-3-7-14-11/h2-3,6-7,10H,4-5,8-9H2,1H3. The molecule has 112 valence electrons. The van der Waals surface area contributed by atoms with Crippen LogP contribution in [0.2, 0.25) is 0 Å². The van der Waals surface area contributed by atoms with Gasteiger partial charge in [-0.05, 0) is 25.0 Å². The Balaban J connectivity index is 1.80. The molecule has 1 atom stereocenters. The monoisotopic (exact) mass is 308 g/mol. The van der Waals surface area contributed by atoms with Crippen molar-refractivity contribution in [1.29, 1.82) is 0 Å². The van der Waals surface area contributed by atoms with E-state index in [0.717, 1.165) is 12.8 Å². The Kier molecular flexibility index (Phi) is 3.73. The molecule has 2 aromatic heterocycles. The Morgan fingerprint density at radius 3 is 2.95 bits per heavy atom. The molecule has 1 saturated heterocycles. The van der Waals surface area contributed by atoms with Crippen LogP contribution < -0.4 is 0 Å². The second kappa shape index (κ2) is 5.53. The smallest absolute Gasteiger partial charge is 0.231 e. The Hall–Kier alpha value is -1.80. The fourth-order valence-electron chi connectivity index (χ4n) is 2.45. The third-order valence-electron chi connectivity index (χ3n) is 3.54. The molecular weight excluding hydrogens is 292 g/mol. The minimum atomic E-state index is -3.18. The number of nitrogens with zero attached hydrogens (tertiary/aromatic N) is 4. The van der Waals surface area contributed by atoms with Crippen LogP contribution in [0.3, 0.4) is 0 Å². The SMILES string of the molecule is CS(=O)(=O)N1CCCC(c2nc(-c3ccccn3)no2)C1. The first-order chi connectivity index (χ1) is 10.0. The number of sulfonamides is 1. The highest BCUT2D eigenvalue weighted by molar-refractivity contribution is 7.88. The highest BCUT2D eigenvalue weighted by atomic mass is 32.2. The van der Waals surface area contributed by atoms with Crippen LogP contribution in [0.25, 0.3) is 11.5 Å². The number of piperidine rings is 1. The summed E-state index contributed by atoms with van der Waals surface area (Å²) in [6.07, 6.45) is 4.52. The lowest BCUT2D eigenvalue weighted by molar-refractivity contribution is 0.266. The Morgan fingerprint density at radius 1 is 1.38 bits per heavy atom. The first-order valence-electron chi connectivity index (χ1n) is 6.74. The number of aromatic nitrogens is 3. The van der Waals surface area contributed by atoms with Crippen LogP contribution in [-0.4, -0.2) is 47.2 Å². The van der Waals surface area contributed by atoms with Gasteiger partial charge in [-0.1, -0.05) is 11.2 Å². The Bertz CT molecular complexity index is 714. The van der Waals surface area contributed by atoms with Crippen LogP contribution in [0.4, 0.5) is 0 Å². The third kappa shape index (κ3) is 3.11. The molecule has 0 aliphatic carbocycles. The molecule has 7 nitrogen and oxygen atoms in total. The van der Waals surface area contributed by atoms with Crippen molar-refractivity contribution in [3.05, 3.63) is 30.3 Å². The fourth-order valence-corrected chi connectivity index (χ4v) is 3.36. The number of hydrogen-bond donors (Lipinski definition) is 0. The van der Waals surface area contributed by atoms with Crippen molar-refractivity contribution in [1.82, 2.24) is 19.4 Å². The number of pyridine rings is 1. The van der Waals surface area contributed by atoms with Gasteiger partial charge in [0.1, 0.15) is 5.69 Å². The molecule has 0 aromatic carbocycles. The van der Waals surface area contributed by atoms with Gasteiger partial charge in [-0.25, -0.2) is 12.7 Å². The van der Waals surface area contributed by atoms with Crippen LogP contribution in [0.1, 0.15) is 24.7 Å². The predicted molar refractivity (Wildman–Crippen MR) is 75.9 cm³/mol. The van der Waals surface area contributed by atoms with E-state index in [4.69, 9.17) is 4.52 Å². The summed E-state index contributed by atoms with van der Waals surface area (Å²) in [7, 11) is -3.18. The highest BCUT2D eigenvalue weighted by Gasteiger charge is 2.30. The number of hydrogen-bond acceptors (Lipinski definition) is 6. The van der Waals surface area contributed by atoms with Gasteiger partial charge in [-0.3, -0.25) is 4.98 Å². The molecule has 0 amide bonds. The molecule has 2 aromatic rings. The molecule has 8 heteroatoms. The minimum absolute atomic E-state index is 0.0570. The van der Waals surface area contributed by atoms with Crippen molar-refractivity contribution in [2.24, 2.45) is 0 Å².